The topological polar surface area (TPSA) is 29.5 Å². The summed E-state index contributed by atoms with van der Waals surface area (Å²) < 4.78 is 4.96. The van der Waals surface area contributed by atoms with Crippen molar-refractivity contribution in [1.82, 2.24) is 4.90 Å². The Hall–Kier alpha value is -1.35. The van der Waals surface area contributed by atoms with Crippen LogP contribution in [0.2, 0.25) is 0 Å². The van der Waals surface area contributed by atoms with Gasteiger partial charge in [0.15, 0.2) is 0 Å². The molecule has 0 aliphatic heterocycles. The van der Waals surface area contributed by atoms with E-state index in [1.54, 1.807) is 0 Å². The number of likely N-dealkylation sites (N-methyl/N-ethyl adjacent to an activating group) is 1. The molecule has 1 aromatic carbocycles. The molecule has 19 heavy (non-hydrogen) atoms. The van der Waals surface area contributed by atoms with E-state index in [1.807, 2.05) is 30.3 Å². The molecule has 3 nitrogen and oxygen atoms in total. The summed E-state index contributed by atoms with van der Waals surface area (Å²) in [5, 5.41) is 0. The minimum atomic E-state index is -0.197. The van der Waals surface area contributed by atoms with E-state index < -0.39 is 0 Å². The van der Waals surface area contributed by atoms with Crippen molar-refractivity contribution < 1.29 is 9.53 Å². The van der Waals surface area contributed by atoms with Crippen LogP contribution < -0.4 is 0 Å². The van der Waals surface area contributed by atoms with Crippen LogP contribution in [-0.4, -0.2) is 37.6 Å². The molecular formula is C16H23NO2. The zero-order chi connectivity index (χ0) is 13.8. The third kappa shape index (κ3) is 3.57. The molecule has 1 aliphatic rings. The van der Waals surface area contributed by atoms with Crippen LogP contribution in [0.4, 0.5) is 0 Å². The fraction of sp³-hybridized carbons (Fsp3) is 0.562. The van der Waals surface area contributed by atoms with Crippen molar-refractivity contribution in [2.45, 2.75) is 31.7 Å². The lowest BCUT2D eigenvalue weighted by molar-refractivity contribution is -0.143. The Kier molecular flexibility index (Phi) is 4.59. The molecule has 1 aliphatic carbocycles. The van der Waals surface area contributed by atoms with Gasteiger partial charge in [0.2, 0.25) is 0 Å². The number of carbonyl (C=O) groups is 1. The number of hydrogen-bond donors (Lipinski definition) is 0. The fourth-order valence-corrected chi connectivity index (χ4v) is 2.54. The first kappa shape index (κ1) is 14.1. The Labute approximate surface area is 115 Å². The van der Waals surface area contributed by atoms with Gasteiger partial charge in [0, 0.05) is 12.6 Å². The van der Waals surface area contributed by atoms with Gasteiger partial charge in [-0.3, -0.25) is 4.79 Å². The van der Waals surface area contributed by atoms with Crippen molar-refractivity contribution in [2.24, 2.45) is 5.92 Å². The van der Waals surface area contributed by atoms with Crippen molar-refractivity contribution in [3.05, 3.63) is 35.9 Å². The summed E-state index contributed by atoms with van der Waals surface area (Å²) >= 11 is 0. The molecule has 1 fully saturated rings. The Morgan fingerprint density at radius 1 is 1.37 bits per heavy atom. The molecule has 2 rings (SSSR count). The third-order valence-corrected chi connectivity index (χ3v) is 4.16. The second-order valence-corrected chi connectivity index (χ2v) is 5.50. The summed E-state index contributed by atoms with van der Waals surface area (Å²) in [5.41, 5.74) is 1.03. The van der Waals surface area contributed by atoms with Gasteiger partial charge in [-0.2, -0.15) is 0 Å². The maximum Gasteiger partial charge on any atom is 0.314 e. The number of benzene rings is 1. The first-order chi connectivity index (χ1) is 9.13. The molecule has 1 saturated carbocycles. The molecule has 0 heterocycles. The summed E-state index contributed by atoms with van der Waals surface area (Å²) in [4.78, 5) is 14.3. The fourth-order valence-electron chi connectivity index (χ4n) is 2.54. The molecule has 3 heteroatoms. The van der Waals surface area contributed by atoms with Gasteiger partial charge in [0.1, 0.15) is 0 Å². The molecule has 0 saturated heterocycles. The lowest BCUT2D eigenvalue weighted by Crippen LogP contribution is -2.36. The third-order valence-electron chi connectivity index (χ3n) is 4.16. The average Bonchev–Trinajstić information content (AvgIpc) is 3.28. The standard InChI is InChI=1S/C16H23NO2/c1-12(13-9-10-13)17(2)11-15(16(18)19-3)14-7-5-4-6-8-14/h4-8,12-13,15H,9-11H2,1-3H3. The molecule has 0 radical (unpaired) electrons. The summed E-state index contributed by atoms with van der Waals surface area (Å²) in [5.74, 6) is 0.456. The van der Waals surface area contributed by atoms with E-state index in [-0.39, 0.29) is 11.9 Å². The van der Waals surface area contributed by atoms with Crippen molar-refractivity contribution >= 4 is 5.97 Å². The van der Waals surface area contributed by atoms with Gasteiger partial charge in [0.25, 0.3) is 0 Å². The highest BCUT2D eigenvalue weighted by molar-refractivity contribution is 5.78. The van der Waals surface area contributed by atoms with Gasteiger partial charge < -0.3 is 9.64 Å². The van der Waals surface area contributed by atoms with Gasteiger partial charge >= 0.3 is 5.97 Å². The van der Waals surface area contributed by atoms with Gasteiger partial charge in [-0.1, -0.05) is 30.3 Å². The summed E-state index contributed by atoms with van der Waals surface area (Å²) in [6.45, 7) is 2.96. The van der Waals surface area contributed by atoms with Crippen molar-refractivity contribution in [1.29, 1.82) is 0 Å². The monoisotopic (exact) mass is 261 g/mol. The van der Waals surface area contributed by atoms with Gasteiger partial charge in [-0.25, -0.2) is 0 Å². The molecule has 0 amide bonds. The van der Waals surface area contributed by atoms with Crippen molar-refractivity contribution in [2.75, 3.05) is 20.7 Å². The zero-order valence-electron chi connectivity index (χ0n) is 12.0. The first-order valence-corrected chi connectivity index (χ1v) is 6.96. The van der Waals surface area contributed by atoms with Crippen LogP contribution in [0.15, 0.2) is 30.3 Å². The lowest BCUT2D eigenvalue weighted by atomic mass is 9.98. The second-order valence-electron chi connectivity index (χ2n) is 5.50. The van der Waals surface area contributed by atoms with Crippen LogP contribution in [0, 0.1) is 5.92 Å². The molecule has 2 unspecified atom stereocenters. The molecule has 0 aromatic heterocycles. The Balaban J connectivity index is 2.07. The molecular weight excluding hydrogens is 238 g/mol. The van der Waals surface area contributed by atoms with Gasteiger partial charge in [0.05, 0.1) is 13.0 Å². The van der Waals surface area contributed by atoms with Crippen LogP contribution in [0.1, 0.15) is 31.2 Å². The highest BCUT2D eigenvalue weighted by atomic mass is 16.5. The van der Waals surface area contributed by atoms with Gasteiger partial charge in [-0.05, 0) is 38.3 Å². The van der Waals surface area contributed by atoms with E-state index in [2.05, 4.69) is 18.9 Å². The minimum absolute atomic E-state index is 0.152. The highest BCUT2D eigenvalue weighted by Crippen LogP contribution is 2.35. The molecule has 0 bridgehead atoms. The van der Waals surface area contributed by atoms with Crippen molar-refractivity contribution in [3.8, 4) is 0 Å². The van der Waals surface area contributed by atoms with Crippen LogP contribution in [0.25, 0.3) is 0 Å². The van der Waals surface area contributed by atoms with E-state index in [1.165, 1.54) is 20.0 Å². The summed E-state index contributed by atoms with van der Waals surface area (Å²) in [7, 11) is 3.56. The number of methoxy groups -OCH3 is 1. The zero-order valence-corrected chi connectivity index (χ0v) is 12.0. The molecule has 1 aromatic rings. The number of esters is 1. The summed E-state index contributed by atoms with van der Waals surface area (Å²) in [6.07, 6.45) is 2.64. The van der Waals surface area contributed by atoms with Crippen molar-refractivity contribution in [3.63, 3.8) is 0 Å². The number of ether oxygens (including phenoxy) is 1. The van der Waals surface area contributed by atoms with E-state index in [0.29, 0.717) is 12.6 Å². The van der Waals surface area contributed by atoms with Crippen LogP contribution in [0.3, 0.4) is 0 Å². The van der Waals surface area contributed by atoms with E-state index in [9.17, 15) is 4.79 Å². The van der Waals surface area contributed by atoms with E-state index in [4.69, 9.17) is 4.74 Å². The predicted octanol–water partition coefficient (Wildman–Crippen LogP) is 2.67. The highest BCUT2D eigenvalue weighted by Gasteiger charge is 2.32. The maximum atomic E-state index is 12.0. The molecule has 0 N–H and O–H groups in total. The quantitative estimate of drug-likeness (QED) is 0.737. The Bertz CT molecular complexity index is 414. The van der Waals surface area contributed by atoms with Crippen LogP contribution in [-0.2, 0) is 9.53 Å². The van der Waals surface area contributed by atoms with E-state index >= 15 is 0 Å². The normalized spacial score (nSPS) is 18.1. The minimum Gasteiger partial charge on any atom is -0.469 e. The molecule has 104 valence electrons. The smallest absolute Gasteiger partial charge is 0.314 e. The second kappa shape index (κ2) is 6.20. The number of hydrogen-bond acceptors (Lipinski definition) is 3. The Morgan fingerprint density at radius 3 is 2.53 bits per heavy atom. The SMILES string of the molecule is COC(=O)C(CN(C)C(C)C1CC1)c1ccccc1. The van der Waals surface area contributed by atoms with E-state index in [0.717, 1.165) is 11.5 Å². The number of nitrogens with zero attached hydrogens (tertiary/aromatic N) is 1. The average molecular weight is 261 g/mol. The summed E-state index contributed by atoms with van der Waals surface area (Å²) in [6, 6.07) is 10.4. The maximum absolute atomic E-state index is 12.0. The predicted molar refractivity (Wildman–Crippen MR) is 76.0 cm³/mol. The number of rotatable bonds is 6. The number of carbonyl (C=O) groups excluding carboxylic acids is 1. The van der Waals surface area contributed by atoms with Crippen LogP contribution in [0.5, 0.6) is 0 Å². The largest absolute Gasteiger partial charge is 0.469 e. The molecule has 2 atom stereocenters. The lowest BCUT2D eigenvalue weighted by Gasteiger charge is -2.28. The Morgan fingerprint density at radius 2 is 2.00 bits per heavy atom. The van der Waals surface area contributed by atoms with Gasteiger partial charge in [-0.15, -0.1) is 0 Å². The molecule has 0 spiro atoms. The van der Waals surface area contributed by atoms with Crippen LogP contribution >= 0.6 is 0 Å². The first-order valence-electron chi connectivity index (χ1n) is 6.96.